The molecule has 0 aliphatic carbocycles. The molecule has 0 unspecified atom stereocenters. The summed E-state index contributed by atoms with van der Waals surface area (Å²) in [6.07, 6.45) is 1.31. The maximum absolute atomic E-state index is 12.3. The molecule has 2 aromatic carbocycles. The number of benzene rings is 2. The zero-order valence-electron chi connectivity index (χ0n) is 11.7. The van der Waals surface area contributed by atoms with Crippen molar-refractivity contribution in [2.24, 2.45) is 4.99 Å². The number of halogens is 1. The average Bonchev–Trinajstić information content (AvgIpc) is 2.56. The summed E-state index contributed by atoms with van der Waals surface area (Å²) in [4.78, 5) is 16.4. The molecular weight excluding hydrogens is 300 g/mol. The number of aliphatic imine (C=N–C) groups is 1. The van der Waals surface area contributed by atoms with Crippen LogP contribution < -0.4 is 5.32 Å². The highest BCUT2D eigenvalue weighted by molar-refractivity contribution is 6.23. The zero-order valence-corrected chi connectivity index (χ0v) is 12.5. The van der Waals surface area contributed by atoms with Crippen LogP contribution in [0.5, 0.6) is 0 Å². The Hall–Kier alpha value is -2.59. The van der Waals surface area contributed by atoms with Crippen molar-refractivity contribution in [3.8, 4) is 0 Å². The van der Waals surface area contributed by atoms with Crippen LogP contribution in [0.2, 0.25) is 0 Å². The third-order valence-corrected chi connectivity index (χ3v) is 3.07. The molecular formula is C17H15ClN2O2. The number of hydrogen-bond acceptors (Lipinski definition) is 3. The van der Waals surface area contributed by atoms with E-state index < -0.39 is 5.91 Å². The third-order valence-electron chi connectivity index (χ3n) is 2.81. The van der Waals surface area contributed by atoms with E-state index in [0.717, 1.165) is 0 Å². The van der Waals surface area contributed by atoms with Crippen LogP contribution in [0.4, 0.5) is 11.4 Å². The predicted octanol–water partition coefficient (Wildman–Crippen LogP) is 4.08. The summed E-state index contributed by atoms with van der Waals surface area (Å²) in [6.45, 7) is 0. The number of carbonyl (C=O) groups excluding carboxylic acids is 1. The molecule has 2 rings (SSSR count). The molecule has 0 saturated heterocycles. The number of aliphatic hydroxyl groups excluding tert-OH is 1. The van der Waals surface area contributed by atoms with Gasteiger partial charge in [0.15, 0.2) is 0 Å². The normalized spacial score (nSPS) is 12.0. The molecule has 0 aliphatic rings. The highest BCUT2D eigenvalue weighted by atomic mass is 35.5. The van der Waals surface area contributed by atoms with E-state index in [9.17, 15) is 9.90 Å². The number of para-hydroxylation sites is 2. The van der Waals surface area contributed by atoms with Gasteiger partial charge in [0.2, 0.25) is 0 Å². The van der Waals surface area contributed by atoms with Crippen LogP contribution >= 0.6 is 11.6 Å². The van der Waals surface area contributed by atoms with Gasteiger partial charge < -0.3 is 10.4 Å². The van der Waals surface area contributed by atoms with Crippen molar-refractivity contribution in [3.63, 3.8) is 0 Å². The fraction of sp³-hybridized carbons (Fsp3) is 0.0588. The van der Waals surface area contributed by atoms with E-state index in [1.54, 1.807) is 36.4 Å². The maximum Gasteiger partial charge on any atom is 0.260 e. The lowest BCUT2D eigenvalue weighted by atomic mass is 10.2. The summed E-state index contributed by atoms with van der Waals surface area (Å²) < 4.78 is 0. The topological polar surface area (TPSA) is 61.7 Å². The van der Waals surface area contributed by atoms with Crippen molar-refractivity contribution in [1.82, 2.24) is 0 Å². The minimum absolute atomic E-state index is 0.0303. The molecule has 0 fully saturated rings. The first kappa shape index (κ1) is 15.8. The number of nitrogens with one attached hydrogen (secondary N) is 1. The van der Waals surface area contributed by atoms with Crippen LogP contribution in [0.25, 0.3) is 0 Å². The van der Waals surface area contributed by atoms with E-state index >= 15 is 0 Å². The Labute approximate surface area is 133 Å². The van der Waals surface area contributed by atoms with E-state index in [2.05, 4.69) is 10.3 Å². The molecule has 0 aliphatic heterocycles. The van der Waals surface area contributed by atoms with Crippen molar-refractivity contribution in [2.75, 3.05) is 11.2 Å². The number of alkyl halides is 1. The molecule has 5 heteroatoms. The lowest BCUT2D eigenvalue weighted by molar-refractivity contribution is -0.112. The summed E-state index contributed by atoms with van der Waals surface area (Å²) in [7, 11) is 0. The van der Waals surface area contributed by atoms with Gasteiger partial charge in [0, 0.05) is 11.9 Å². The summed E-state index contributed by atoms with van der Waals surface area (Å²) in [5, 5.41) is 12.5. The molecule has 0 atom stereocenters. The van der Waals surface area contributed by atoms with Gasteiger partial charge in [-0.1, -0.05) is 36.4 Å². The molecule has 2 N–H and O–H groups in total. The number of carbonyl (C=O) groups is 1. The van der Waals surface area contributed by atoms with Crippen molar-refractivity contribution >= 4 is 35.1 Å². The molecule has 4 nitrogen and oxygen atoms in total. The molecule has 2 aromatic rings. The summed E-state index contributed by atoms with van der Waals surface area (Å²) in [5.74, 6) is -0.864. The minimum atomic E-state index is -0.468. The number of allylic oxidation sites excluding steroid dienone is 1. The fourth-order valence-electron chi connectivity index (χ4n) is 1.71. The number of amides is 1. The van der Waals surface area contributed by atoms with Crippen molar-refractivity contribution in [3.05, 3.63) is 72.0 Å². The highest BCUT2D eigenvalue weighted by Gasteiger charge is 2.13. The van der Waals surface area contributed by atoms with Gasteiger partial charge in [0.25, 0.3) is 5.91 Å². The van der Waals surface area contributed by atoms with E-state index in [1.807, 2.05) is 24.3 Å². The Morgan fingerprint density at radius 1 is 1.09 bits per heavy atom. The van der Waals surface area contributed by atoms with E-state index in [-0.39, 0.29) is 17.2 Å². The van der Waals surface area contributed by atoms with Crippen LogP contribution in [0, 0.1) is 0 Å². The monoisotopic (exact) mass is 314 g/mol. The smallest absolute Gasteiger partial charge is 0.260 e. The second-order valence-electron chi connectivity index (χ2n) is 4.41. The standard InChI is InChI=1S/C17H15ClN2O2/c18-11-16(21)15(12-19-13-7-3-1-4-8-13)17(22)20-14-9-5-2-6-10-14/h1-10,12,21H,11H2,(H,20,22)/b16-15-,19-12?. The number of aliphatic hydroxyl groups is 1. The van der Waals surface area contributed by atoms with Gasteiger partial charge in [-0.3, -0.25) is 9.79 Å². The molecule has 0 spiro atoms. The summed E-state index contributed by atoms with van der Waals surface area (Å²) in [6, 6.07) is 18.1. The maximum atomic E-state index is 12.3. The molecule has 0 saturated carbocycles. The van der Waals surface area contributed by atoms with Gasteiger partial charge in [-0.25, -0.2) is 0 Å². The van der Waals surface area contributed by atoms with Crippen molar-refractivity contribution in [1.29, 1.82) is 0 Å². The molecule has 22 heavy (non-hydrogen) atoms. The molecule has 0 radical (unpaired) electrons. The Kier molecular flexibility index (Phi) is 5.74. The third kappa shape index (κ3) is 4.46. The van der Waals surface area contributed by atoms with Crippen LogP contribution in [0.1, 0.15) is 0 Å². The quantitative estimate of drug-likeness (QED) is 0.378. The fourth-order valence-corrected chi connectivity index (χ4v) is 1.85. The van der Waals surface area contributed by atoms with Gasteiger partial charge in [0.1, 0.15) is 5.76 Å². The lowest BCUT2D eigenvalue weighted by Crippen LogP contribution is -2.17. The number of rotatable bonds is 5. The van der Waals surface area contributed by atoms with E-state index in [1.165, 1.54) is 6.21 Å². The van der Waals surface area contributed by atoms with Crippen LogP contribution in [0.15, 0.2) is 77.0 Å². The predicted molar refractivity (Wildman–Crippen MR) is 90.0 cm³/mol. The first-order valence-corrected chi connectivity index (χ1v) is 7.17. The molecule has 0 heterocycles. The van der Waals surface area contributed by atoms with Crippen molar-refractivity contribution in [2.45, 2.75) is 0 Å². The van der Waals surface area contributed by atoms with Crippen LogP contribution in [0.3, 0.4) is 0 Å². The van der Waals surface area contributed by atoms with Gasteiger partial charge in [-0.2, -0.15) is 0 Å². The first-order valence-electron chi connectivity index (χ1n) is 6.64. The minimum Gasteiger partial charge on any atom is -0.510 e. The zero-order chi connectivity index (χ0) is 15.8. The average molecular weight is 315 g/mol. The van der Waals surface area contributed by atoms with E-state index in [0.29, 0.717) is 11.4 Å². The second kappa shape index (κ2) is 8.00. The molecule has 112 valence electrons. The van der Waals surface area contributed by atoms with Crippen LogP contribution in [-0.4, -0.2) is 23.1 Å². The van der Waals surface area contributed by atoms with Gasteiger partial charge in [-0.05, 0) is 24.3 Å². The largest absolute Gasteiger partial charge is 0.510 e. The Balaban J connectivity index is 2.20. The molecule has 0 aromatic heterocycles. The summed E-state index contributed by atoms with van der Waals surface area (Å²) in [5.41, 5.74) is 1.33. The Morgan fingerprint density at radius 2 is 1.68 bits per heavy atom. The van der Waals surface area contributed by atoms with Gasteiger partial charge in [-0.15, -0.1) is 11.6 Å². The summed E-state index contributed by atoms with van der Waals surface area (Å²) >= 11 is 5.63. The second-order valence-corrected chi connectivity index (χ2v) is 4.68. The molecule has 0 bridgehead atoms. The van der Waals surface area contributed by atoms with E-state index in [4.69, 9.17) is 11.6 Å². The van der Waals surface area contributed by atoms with Crippen molar-refractivity contribution < 1.29 is 9.90 Å². The van der Waals surface area contributed by atoms with Gasteiger partial charge in [0.05, 0.1) is 17.1 Å². The number of anilines is 1. The first-order chi connectivity index (χ1) is 10.7. The van der Waals surface area contributed by atoms with Crippen LogP contribution in [-0.2, 0) is 4.79 Å². The number of nitrogens with zero attached hydrogens (tertiary/aromatic N) is 1. The Morgan fingerprint density at radius 3 is 2.27 bits per heavy atom. The van der Waals surface area contributed by atoms with Gasteiger partial charge >= 0.3 is 0 Å². The lowest BCUT2D eigenvalue weighted by Gasteiger charge is -2.07. The number of hydrogen-bond donors (Lipinski definition) is 2. The Bertz CT molecular complexity index is 682. The highest BCUT2D eigenvalue weighted by Crippen LogP contribution is 2.13. The molecule has 1 amide bonds. The SMILES string of the molecule is O=C(Nc1ccccc1)/C(C=Nc1ccccc1)=C(\O)CCl.